The number of piperidine rings is 1. The van der Waals surface area contributed by atoms with E-state index in [1.54, 1.807) is 0 Å². The summed E-state index contributed by atoms with van der Waals surface area (Å²) in [6, 6.07) is 0. The van der Waals surface area contributed by atoms with E-state index in [9.17, 15) is 0 Å². The van der Waals surface area contributed by atoms with Gasteiger partial charge in [-0.25, -0.2) is 0 Å². The van der Waals surface area contributed by atoms with Gasteiger partial charge in [-0.1, -0.05) is 13.3 Å². The third kappa shape index (κ3) is 4.11. The largest absolute Gasteiger partial charge is 0.382 e. The Morgan fingerprint density at radius 2 is 2.20 bits per heavy atom. The molecule has 1 aliphatic carbocycles. The highest BCUT2D eigenvalue weighted by molar-refractivity contribution is 5.78. The van der Waals surface area contributed by atoms with Crippen LogP contribution in [0.3, 0.4) is 0 Å². The molecule has 2 N–H and O–H groups in total. The lowest BCUT2D eigenvalue weighted by Gasteiger charge is -2.41. The summed E-state index contributed by atoms with van der Waals surface area (Å²) in [5.41, 5.74) is 6.57. The number of rotatable bonds is 6. The normalized spacial score (nSPS) is 26.4. The highest BCUT2D eigenvalue weighted by atomic mass is 16.5. The van der Waals surface area contributed by atoms with Gasteiger partial charge in [0.15, 0.2) is 5.96 Å². The molecule has 4 heteroatoms. The van der Waals surface area contributed by atoms with E-state index in [4.69, 9.17) is 15.5 Å². The Kier molecular flexibility index (Phi) is 5.70. The topological polar surface area (TPSA) is 50.9 Å². The second-order valence-electron chi connectivity index (χ2n) is 6.67. The number of guanidine groups is 1. The molecule has 2 fully saturated rings. The third-order valence-corrected chi connectivity index (χ3v) is 4.95. The molecule has 0 radical (unpaired) electrons. The molecule has 0 aromatic rings. The van der Waals surface area contributed by atoms with Crippen molar-refractivity contribution in [3.8, 4) is 0 Å². The summed E-state index contributed by atoms with van der Waals surface area (Å²) in [4.78, 5) is 6.99. The average Bonchev–Trinajstić information content (AvgIpc) is 2.40. The molecular formula is C16H31N3O. The molecule has 20 heavy (non-hydrogen) atoms. The molecule has 0 aromatic carbocycles. The lowest BCUT2D eigenvalue weighted by Crippen LogP contribution is -2.44. The maximum absolute atomic E-state index is 6.20. The van der Waals surface area contributed by atoms with E-state index in [1.807, 2.05) is 0 Å². The molecule has 2 rings (SSSR count). The molecule has 0 amide bonds. The van der Waals surface area contributed by atoms with Gasteiger partial charge in [-0.2, -0.15) is 0 Å². The minimum atomic E-state index is 0.376. The number of nitrogens with two attached hydrogens (primary N) is 1. The first-order chi connectivity index (χ1) is 9.65. The van der Waals surface area contributed by atoms with E-state index in [0.717, 1.165) is 51.1 Å². The zero-order chi connectivity index (χ0) is 14.4. The SMILES string of the molecule is CCOCCC1(CN=C(N)N2CCCC(C)C2)CCC1. The number of likely N-dealkylation sites (tertiary alicyclic amines) is 1. The molecule has 4 nitrogen and oxygen atoms in total. The molecule has 1 saturated heterocycles. The van der Waals surface area contributed by atoms with Crippen molar-refractivity contribution in [2.45, 2.75) is 52.4 Å². The first-order valence-corrected chi connectivity index (χ1v) is 8.28. The highest BCUT2D eigenvalue weighted by Gasteiger charge is 2.36. The van der Waals surface area contributed by atoms with Gasteiger partial charge >= 0.3 is 0 Å². The van der Waals surface area contributed by atoms with Crippen LogP contribution in [0.1, 0.15) is 52.4 Å². The number of ether oxygens (including phenoxy) is 1. The quantitative estimate of drug-likeness (QED) is 0.462. The minimum absolute atomic E-state index is 0.376. The minimum Gasteiger partial charge on any atom is -0.382 e. The van der Waals surface area contributed by atoms with Crippen molar-refractivity contribution in [1.82, 2.24) is 4.90 Å². The zero-order valence-electron chi connectivity index (χ0n) is 13.2. The van der Waals surface area contributed by atoms with Crippen LogP contribution in [-0.2, 0) is 4.74 Å². The van der Waals surface area contributed by atoms with Crippen molar-refractivity contribution in [1.29, 1.82) is 0 Å². The maximum Gasteiger partial charge on any atom is 0.191 e. The summed E-state index contributed by atoms with van der Waals surface area (Å²) >= 11 is 0. The predicted octanol–water partition coefficient (Wildman–Crippen LogP) is 2.63. The molecule has 1 heterocycles. The van der Waals surface area contributed by atoms with Crippen molar-refractivity contribution in [2.75, 3.05) is 32.8 Å². The smallest absolute Gasteiger partial charge is 0.191 e. The van der Waals surface area contributed by atoms with Crippen molar-refractivity contribution >= 4 is 5.96 Å². The Labute approximate surface area is 123 Å². The molecule has 1 saturated carbocycles. The van der Waals surface area contributed by atoms with E-state index < -0.39 is 0 Å². The highest BCUT2D eigenvalue weighted by Crippen LogP contribution is 2.44. The number of hydrogen-bond donors (Lipinski definition) is 1. The van der Waals surface area contributed by atoms with Crippen LogP contribution in [0.2, 0.25) is 0 Å². The fourth-order valence-electron chi connectivity index (χ4n) is 3.34. The molecule has 1 aliphatic heterocycles. The summed E-state index contributed by atoms with van der Waals surface area (Å²) in [7, 11) is 0. The van der Waals surface area contributed by atoms with Gasteiger partial charge in [0.25, 0.3) is 0 Å². The van der Waals surface area contributed by atoms with Crippen LogP contribution in [0.4, 0.5) is 0 Å². The Morgan fingerprint density at radius 3 is 2.80 bits per heavy atom. The van der Waals surface area contributed by atoms with Crippen LogP contribution in [0.5, 0.6) is 0 Å². The number of nitrogens with zero attached hydrogens (tertiary/aromatic N) is 2. The second kappa shape index (κ2) is 7.30. The van der Waals surface area contributed by atoms with Crippen molar-refractivity contribution in [2.24, 2.45) is 22.1 Å². The molecule has 0 bridgehead atoms. The lowest BCUT2D eigenvalue weighted by molar-refractivity contribution is 0.0607. The van der Waals surface area contributed by atoms with Gasteiger partial charge < -0.3 is 15.4 Å². The molecule has 1 atom stereocenters. The molecule has 2 aliphatic rings. The van der Waals surface area contributed by atoms with Gasteiger partial charge in [-0.05, 0) is 50.4 Å². The monoisotopic (exact) mass is 281 g/mol. The molecule has 0 spiro atoms. The van der Waals surface area contributed by atoms with Gasteiger partial charge in [0.1, 0.15) is 0 Å². The van der Waals surface area contributed by atoms with Crippen LogP contribution < -0.4 is 5.73 Å². The number of hydrogen-bond acceptors (Lipinski definition) is 2. The maximum atomic E-state index is 6.20. The van der Waals surface area contributed by atoms with Crippen LogP contribution in [-0.4, -0.2) is 43.7 Å². The fourth-order valence-corrected chi connectivity index (χ4v) is 3.34. The van der Waals surface area contributed by atoms with Gasteiger partial charge in [-0.3, -0.25) is 4.99 Å². The van der Waals surface area contributed by atoms with Crippen molar-refractivity contribution in [3.63, 3.8) is 0 Å². The van der Waals surface area contributed by atoms with Crippen molar-refractivity contribution < 1.29 is 4.74 Å². The summed E-state index contributed by atoms with van der Waals surface area (Å²) in [5.74, 6) is 1.51. The molecular weight excluding hydrogens is 250 g/mol. The Hall–Kier alpha value is -0.770. The first-order valence-electron chi connectivity index (χ1n) is 8.28. The second-order valence-corrected chi connectivity index (χ2v) is 6.67. The van der Waals surface area contributed by atoms with E-state index in [0.29, 0.717) is 5.41 Å². The average molecular weight is 281 g/mol. The summed E-state index contributed by atoms with van der Waals surface area (Å²) in [5, 5.41) is 0. The number of aliphatic imine (C=N–C) groups is 1. The summed E-state index contributed by atoms with van der Waals surface area (Å²) < 4.78 is 5.51. The van der Waals surface area contributed by atoms with Crippen molar-refractivity contribution in [3.05, 3.63) is 0 Å². The van der Waals surface area contributed by atoms with Gasteiger partial charge in [0.05, 0.1) is 0 Å². The Balaban J connectivity index is 1.82. The van der Waals surface area contributed by atoms with Crippen LogP contribution in [0.15, 0.2) is 4.99 Å². The summed E-state index contributed by atoms with van der Waals surface area (Å²) in [6.07, 6.45) is 7.60. The van der Waals surface area contributed by atoms with Gasteiger partial charge in [0, 0.05) is 32.8 Å². The van der Waals surface area contributed by atoms with E-state index in [2.05, 4.69) is 18.7 Å². The zero-order valence-corrected chi connectivity index (χ0v) is 13.2. The van der Waals surface area contributed by atoms with E-state index in [-0.39, 0.29) is 0 Å². The molecule has 116 valence electrons. The first kappa shape index (κ1) is 15.6. The van der Waals surface area contributed by atoms with Crippen LogP contribution in [0.25, 0.3) is 0 Å². The van der Waals surface area contributed by atoms with E-state index in [1.165, 1.54) is 32.1 Å². The van der Waals surface area contributed by atoms with Crippen LogP contribution >= 0.6 is 0 Å². The third-order valence-electron chi connectivity index (χ3n) is 4.95. The lowest BCUT2D eigenvalue weighted by atomic mass is 9.67. The van der Waals surface area contributed by atoms with E-state index >= 15 is 0 Å². The van der Waals surface area contributed by atoms with Gasteiger partial charge in [0.2, 0.25) is 0 Å². The Bertz CT molecular complexity index is 326. The summed E-state index contributed by atoms with van der Waals surface area (Å²) in [6.45, 7) is 9.07. The standard InChI is InChI=1S/C16H31N3O/c1-3-20-11-9-16(7-5-8-16)13-18-15(17)19-10-4-6-14(2)12-19/h14H,3-13H2,1-2H3,(H2,17,18). The fraction of sp³-hybridized carbons (Fsp3) is 0.938. The Morgan fingerprint density at radius 1 is 1.40 bits per heavy atom. The molecule has 0 aromatic heterocycles. The van der Waals surface area contributed by atoms with Gasteiger partial charge in [-0.15, -0.1) is 0 Å². The predicted molar refractivity (Wildman–Crippen MR) is 83.9 cm³/mol. The molecule has 1 unspecified atom stereocenters. The van der Waals surface area contributed by atoms with Crippen LogP contribution in [0, 0.1) is 11.3 Å².